The minimum atomic E-state index is -0.494. The Morgan fingerprint density at radius 1 is 1.42 bits per heavy atom. The summed E-state index contributed by atoms with van der Waals surface area (Å²) in [6.45, 7) is 7.03. The van der Waals surface area contributed by atoms with Crippen molar-refractivity contribution in [3.8, 4) is 6.07 Å². The predicted octanol–water partition coefficient (Wildman–Crippen LogP) is 3.40. The molecule has 6 nitrogen and oxygen atoms in total. The zero-order chi connectivity index (χ0) is 18.5. The normalized spacial score (nSPS) is 24.7. The fourth-order valence-electron chi connectivity index (χ4n) is 3.92. The average Bonchev–Trinajstić information content (AvgIpc) is 3.34. The van der Waals surface area contributed by atoms with Crippen LogP contribution in [0.25, 0.3) is 10.9 Å². The van der Waals surface area contributed by atoms with Gasteiger partial charge in [0.05, 0.1) is 5.52 Å². The predicted molar refractivity (Wildman–Crippen MR) is 96.5 cm³/mol. The van der Waals surface area contributed by atoms with Crippen LogP contribution in [0.3, 0.4) is 0 Å². The van der Waals surface area contributed by atoms with Gasteiger partial charge in [0.1, 0.15) is 17.4 Å². The van der Waals surface area contributed by atoms with Crippen LogP contribution in [0.1, 0.15) is 45.0 Å². The summed E-state index contributed by atoms with van der Waals surface area (Å²) in [7, 11) is 0. The number of aromatic nitrogens is 2. The highest BCUT2D eigenvalue weighted by Gasteiger charge is 2.59. The molecule has 134 valence electrons. The third kappa shape index (κ3) is 2.88. The van der Waals surface area contributed by atoms with Crippen LogP contribution in [0.4, 0.5) is 4.79 Å². The maximum absolute atomic E-state index is 12.5. The lowest BCUT2D eigenvalue weighted by atomic mass is 9.92. The lowest BCUT2D eigenvalue weighted by molar-refractivity contribution is 0.0190. The van der Waals surface area contributed by atoms with Crippen LogP contribution < -0.4 is 0 Å². The van der Waals surface area contributed by atoms with E-state index in [4.69, 9.17) is 15.0 Å². The van der Waals surface area contributed by atoms with E-state index in [2.05, 4.69) is 11.1 Å². The molecule has 1 amide bonds. The monoisotopic (exact) mass is 350 g/mol. The van der Waals surface area contributed by atoms with Crippen LogP contribution in [-0.2, 0) is 10.2 Å². The summed E-state index contributed by atoms with van der Waals surface area (Å²) < 4.78 is 5.55. The molecule has 6 heteroatoms. The van der Waals surface area contributed by atoms with Crippen LogP contribution in [0, 0.1) is 17.2 Å². The van der Waals surface area contributed by atoms with E-state index in [1.165, 1.54) is 0 Å². The molecule has 26 heavy (non-hydrogen) atoms. The number of carbonyl (C=O) groups is 1. The summed E-state index contributed by atoms with van der Waals surface area (Å²) in [5, 5.41) is 9.98. The molecule has 2 aromatic heterocycles. The lowest BCUT2D eigenvalue weighted by Gasteiger charge is -2.34. The van der Waals surface area contributed by atoms with Gasteiger partial charge in [-0.05, 0) is 51.7 Å². The molecule has 2 atom stereocenters. The van der Waals surface area contributed by atoms with Crippen molar-refractivity contribution in [2.75, 3.05) is 13.1 Å². The van der Waals surface area contributed by atoms with Crippen molar-refractivity contribution in [3.63, 3.8) is 0 Å². The molecule has 1 saturated heterocycles. The molecule has 0 aromatic carbocycles. The van der Waals surface area contributed by atoms with Gasteiger partial charge in [-0.3, -0.25) is 4.98 Å². The van der Waals surface area contributed by atoms with Crippen LogP contribution in [0.5, 0.6) is 0 Å². The first-order valence-electron chi connectivity index (χ1n) is 8.96. The lowest BCUT2D eigenvalue weighted by Crippen LogP contribution is -2.45. The molecule has 1 aliphatic carbocycles. The molecule has 1 aliphatic heterocycles. The fraction of sp³-hybridized carbons (Fsp3) is 0.500. The first kappa shape index (κ1) is 16.8. The molecular formula is C20H22N4O2. The number of ether oxygens (including phenoxy) is 1. The van der Waals surface area contributed by atoms with Crippen molar-refractivity contribution in [1.29, 1.82) is 5.26 Å². The number of nitrogens with zero attached hydrogens (tertiary/aromatic N) is 4. The Hall–Kier alpha value is -2.68. The molecule has 2 unspecified atom stereocenters. The number of hydrogen-bond donors (Lipinski definition) is 0. The summed E-state index contributed by atoms with van der Waals surface area (Å²) in [6, 6.07) is 7.82. The summed E-state index contributed by atoms with van der Waals surface area (Å²) in [5.41, 5.74) is 1.57. The van der Waals surface area contributed by atoms with Gasteiger partial charge in [-0.25, -0.2) is 9.78 Å². The van der Waals surface area contributed by atoms with E-state index in [0.29, 0.717) is 18.2 Å². The van der Waals surface area contributed by atoms with Gasteiger partial charge in [0.25, 0.3) is 0 Å². The second-order valence-electron chi connectivity index (χ2n) is 8.32. The maximum atomic E-state index is 12.5. The molecular weight excluding hydrogens is 328 g/mol. The van der Waals surface area contributed by atoms with Gasteiger partial charge in [0.15, 0.2) is 0 Å². The van der Waals surface area contributed by atoms with Crippen molar-refractivity contribution in [2.45, 2.75) is 44.6 Å². The number of rotatable bonds is 1. The Kier molecular flexibility index (Phi) is 3.65. The van der Waals surface area contributed by atoms with E-state index in [1.807, 2.05) is 37.8 Å². The molecule has 2 aliphatic rings. The minimum Gasteiger partial charge on any atom is -0.444 e. The van der Waals surface area contributed by atoms with Gasteiger partial charge in [0.2, 0.25) is 0 Å². The highest BCUT2D eigenvalue weighted by Crippen LogP contribution is 2.58. The summed E-state index contributed by atoms with van der Waals surface area (Å²) in [4.78, 5) is 23.2. The Morgan fingerprint density at radius 2 is 2.23 bits per heavy atom. The summed E-state index contributed by atoms with van der Waals surface area (Å²) in [5.74, 6) is 0.559. The highest BCUT2D eigenvalue weighted by molar-refractivity contribution is 5.79. The third-order valence-electron chi connectivity index (χ3n) is 5.30. The second kappa shape index (κ2) is 5.66. The molecule has 0 bridgehead atoms. The average molecular weight is 350 g/mol. The Balaban J connectivity index is 1.62. The number of hydrogen-bond acceptors (Lipinski definition) is 5. The topological polar surface area (TPSA) is 79.1 Å². The summed E-state index contributed by atoms with van der Waals surface area (Å²) >= 11 is 0. The van der Waals surface area contributed by atoms with Crippen LogP contribution in [0.2, 0.25) is 0 Å². The number of piperidine rings is 1. The standard InChI is InChI=1S/C20H22N4O2/c1-19(2,3)26-18(25)24-7-6-14-9-20(14,12-24)17-5-4-13-11-22-15(10-21)8-16(13)23-17/h4-5,8,11,14H,6-7,9,12H2,1-3H3. The van der Waals surface area contributed by atoms with Crippen LogP contribution in [0.15, 0.2) is 24.4 Å². The Labute approximate surface area is 152 Å². The molecule has 2 fully saturated rings. The van der Waals surface area contributed by atoms with Crippen LogP contribution >= 0.6 is 0 Å². The zero-order valence-corrected chi connectivity index (χ0v) is 15.3. The number of carbonyl (C=O) groups excluding carboxylic acids is 1. The van der Waals surface area contributed by atoms with Gasteiger partial charge in [-0.1, -0.05) is 0 Å². The molecule has 2 aromatic rings. The van der Waals surface area contributed by atoms with E-state index in [-0.39, 0.29) is 11.5 Å². The maximum Gasteiger partial charge on any atom is 0.410 e. The molecule has 4 rings (SSSR count). The van der Waals surface area contributed by atoms with Crippen molar-refractivity contribution >= 4 is 17.0 Å². The van der Waals surface area contributed by atoms with E-state index in [0.717, 1.165) is 36.0 Å². The zero-order valence-electron chi connectivity index (χ0n) is 15.3. The largest absolute Gasteiger partial charge is 0.444 e. The van der Waals surface area contributed by atoms with Crippen molar-refractivity contribution < 1.29 is 9.53 Å². The van der Waals surface area contributed by atoms with Crippen molar-refractivity contribution in [2.24, 2.45) is 5.92 Å². The van der Waals surface area contributed by atoms with Gasteiger partial charge in [-0.15, -0.1) is 0 Å². The Bertz CT molecular complexity index is 928. The molecule has 3 heterocycles. The SMILES string of the molecule is CC(C)(C)OC(=O)N1CCC2CC2(c2ccc3cnc(C#N)cc3n2)C1. The van der Waals surface area contributed by atoms with Gasteiger partial charge in [-0.2, -0.15) is 5.26 Å². The van der Waals surface area contributed by atoms with E-state index >= 15 is 0 Å². The first-order chi connectivity index (χ1) is 12.3. The smallest absolute Gasteiger partial charge is 0.410 e. The molecule has 1 saturated carbocycles. The summed E-state index contributed by atoms with van der Waals surface area (Å²) in [6.07, 6.45) is 3.44. The van der Waals surface area contributed by atoms with Crippen molar-refractivity contribution in [1.82, 2.24) is 14.9 Å². The third-order valence-corrected chi connectivity index (χ3v) is 5.30. The van der Waals surface area contributed by atoms with Gasteiger partial charge < -0.3 is 9.64 Å². The Morgan fingerprint density at radius 3 is 2.96 bits per heavy atom. The molecule has 0 spiro atoms. The number of fused-ring (bicyclic) bond motifs is 2. The van der Waals surface area contributed by atoms with E-state index in [1.54, 1.807) is 12.3 Å². The quantitative estimate of drug-likeness (QED) is 0.787. The second-order valence-corrected chi connectivity index (χ2v) is 8.32. The van der Waals surface area contributed by atoms with Crippen molar-refractivity contribution in [3.05, 3.63) is 35.8 Å². The first-order valence-corrected chi connectivity index (χ1v) is 8.96. The minimum absolute atomic E-state index is 0.0839. The molecule has 0 N–H and O–H groups in total. The number of nitriles is 1. The number of amides is 1. The molecule has 0 radical (unpaired) electrons. The highest BCUT2D eigenvalue weighted by atomic mass is 16.6. The van der Waals surface area contributed by atoms with Crippen LogP contribution in [-0.4, -0.2) is 39.7 Å². The number of likely N-dealkylation sites (tertiary alicyclic amines) is 1. The number of pyridine rings is 2. The van der Waals surface area contributed by atoms with E-state index in [9.17, 15) is 4.79 Å². The van der Waals surface area contributed by atoms with E-state index < -0.39 is 5.60 Å². The van der Waals surface area contributed by atoms with Gasteiger partial charge in [0, 0.05) is 41.8 Å². The fourth-order valence-corrected chi connectivity index (χ4v) is 3.92. The van der Waals surface area contributed by atoms with Gasteiger partial charge >= 0.3 is 6.09 Å².